The predicted molar refractivity (Wildman–Crippen MR) is 97.6 cm³/mol. The van der Waals surface area contributed by atoms with Gasteiger partial charge in [-0.15, -0.1) is 0 Å². The van der Waals surface area contributed by atoms with Gasteiger partial charge in [0.05, 0.1) is 13.0 Å². The Bertz CT molecular complexity index is 723. The summed E-state index contributed by atoms with van der Waals surface area (Å²) < 4.78 is 5.27. The van der Waals surface area contributed by atoms with Crippen LogP contribution in [0.2, 0.25) is 0 Å². The summed E-state index contributed by atoms with van der Waals surface area (Å²) in [5, 5.41) is 5.62. The Balaban J connectivity index is 1.79. The molecule has 2 aromatic carbocycles. The van der Waals surface area contributed by atoms with Crippen molar-refractivity contribution in [3.8, 4) is 5.75 Å². The van der Waals surface area contributed by atoms with E-state index in [-0.39, 0.29) is 11.8 Å². The zero-order chi connectivity index (χ0) is 17.1. The molecule has 0 saturated carbocycles. The minimum absolute atomic E-state index is 0.128. The molecule has 1 aliphatic rings. The Labute approximate surface area is 143 Å². The average molecular weight is 326 g/mol. The third kappa shape index (κ3) is 3.39. The quantitative estimate of drug-likeness (QED) is 0.938. The molecule has 1 heterocycles. The Hall–Kier alpha value is -2.07. The first kappa shape index (κ1) is 16.8. The lowest BCUT2D eigenvalue weighted by Crippen LogP contribution is -2.45. The maximum absolute atomic E-state index is 12.9. The number of hydrogen-bond acceptors (Lipinski definition) is 3. The Morgan fingerprint density at radius 1 is 1.17 bits per heavy atom. The number of carbonyl (C=O) groups excluding carboxylic acids is 1. The van der Waals surface area contributed by atoms with Crippen LogP contribution in [-0.4, -0.2) is 44.1 Å². The van der Waals surface area contributed by atoms with Crippen LogP contribution in [0.15, 0.2) is 36.4 Å². The molecule has 0 spiro atoms. The highest BCUT2D eigenvalue weighted by atomic mass is 16.5. The first-order valence-electron chi connectivity index (χ1n) is 8.65. The number of methoxy groups -OCH3 is 1. The first-order chi connectivity index (χ1) is 11.6. The van der Waals surface area contributed by atoms with Crippen LogP contribution in [0.25, 0.3) is 10.8 Å². The number of hydrogen-bond donors (Lipinski definition) is 1. The van der Waals surface area contributed by atoms with Crippen molar-refractivity contribution >= 4 is 16.7 Å². The molecule has 0 aromatic heterocycles. The third-order valence-corrected chi connectivity index (χ3v) is 5.15. The van der Waals surface area contributed by atoms with Gasteiger partial charge in [0.25, 0.3) is 0 Å². The molecule has 4 nitrogen and oxygen atoms in total. The highest BCUT2D eigenvalue weighted by molar-refractivity contribution is 5.88. The number of ether oxygens (including phenoxy) is 1. The minimum atomic E-state index is -0.128. The van der Waals surface area contributed by atoms with Crippen molar-refractivity contribution in [2.45, 2.75) is 31.7 Å². The molecule has 0 bridgehead atoms. The summed E-state index contributed by atoms with van der Waals surface area (Å²) in [4.78, 5) is 14.8. The van der Waals surface area contributed by atoms with Crippen molar-refractivity contribution in [3.63, 3.8) is 0 Å². The fourth-order valence-corrected chi connectivity index (χ4v) is 3.46. The van der Waals surface area contributed by atoms with Crippen molar-refractivity contribution in [1.82, 2.24) is 10.2 Å². The number of rotatable bonds is 4. The summed E-state index contributed by atoms with van der Waals surface area (Å²) in [7, 11) is 3.62. The maximum atomic E-state index is 12.9. The van der Waals surface area contributed by atoms with Crippen LogP contribution in [0.5, 0.6) is 5.75 Å². The summed E-state index contributed by atoms with van der Waals surface area (Å²) in [6.45, 7) is 3.99. The zero-order valence-electron chi connectivity index (χ0n) is 14.7. The van der Waals surface area contributed by atoms with Gasteiger partial charge in [-0.25, -0.2) is 0 Å². The molecule has 128 valence electrons. The molecule has 0 radical (unpaired) electrons. The fourth-order valence-electron chi connectivity index (χ4n) is 3.46. The number of likely N-dealkylation sites (N-methyl/N-ethyl adjacent to an activating group) is 1. The third-order valence-electron chi connectivity index (χ3n) is 5.15. The second-order valence-corrected chi connectivity index (χ2v) is 6.62. The molecule has 4 heteroatoms. The van der Waals surface area contributed by atoms with E-state index in [2.05, 4.69) is 23.5 Å². The van der Waals surface area contributed by atoms with Crippen molar-refractivity contribution in [2.75, 3.05) is 27.2 Å². The monoisotopic (exact) mass is 326 g/mol. The number of amides is 1. The predicted octanol–water partition coefficient (Wildman–Crippen LogP) is 3.16. The number of benzene rings is 2. The molecule has 1 aliphatic heterocycles. The second kappa shape index (κ2) is 7.22. The van der Waals surface area contributed by atoms with Gasteiger partial charge in [-0.3, -0.25) is 4.79 Å². The Kier molecular flexibility index (Phi) is 5.05. The lowest BCUT2D eigenvalue weighted by atomic mass is 9.95. The summed E-state index contributed by atoms with van der Waals surface area (Å²) >= 11 is 0. The second-order valence-electron chi connectivity index (χ2n) is 6.62. The van der Waals surface area contributed by atoms with E-state index in [9.17, 15) is 4.79 Å². The standard InChI is InChI=1S/C20H26N2O2/c1-14(20(23)22(2)18-8-10-21-11-9-18)15-4-5-17-13-19(24-3)7-6-16(17)12-15/h4-7,12-14,18,21H,8-11H2,1-3H3. The van der Waals surface area contributed by atoms with Crippen LogP contribution in [0, 0.1) is 0 Å². The van der Waals surface area contributed by atoms with Crippen LogP contribution in [-0.2, 0) is 4.79 Å². The lowest BCUT2D eigenvalue weighted by Gasteiger charge is -2.33. The van der Waals surface area contributed by atoms with Gasteiger partial charge in [0, 0.05) is 13.1 Å². The summed E-state index contributed by atoms with van der Waals surface area (Å²) in [5.41, 5.74) is 1.07. The Morgan fingerprint density at radius 2 is 1.83 bits per heavy atom. The number of carbonyl (C=O) groups is 1. The Morgan fingerprint density at radius 3 is 2.54 bits per heavy atom. The van der Waals surface area contributed by atoms with Gasteiger partial charge in [-0.1, -0.05) is 24.3 Å². The van der Waals surface area contributed by atoms with Gasteiger partial charge in [0.2, 0.25) is 5.91 Å². The van der Waals surface area contributed by atoms with Gasteiger partial charge in [-0.05, 0) is 61.3 Å². The van der Waals surface area contributed by atoms with E-state index in [4.69, 9.17) is 4.74 Å². The zero-order valence-corrected chi connectivity index (χ0v) is 14.7. The van der Waals surface area contributed by atoms with E-state index in [1.165, 1.54) is 0 Å². The molecular formula is C20H26N2O2. The van der Waals surface area contributed by atoms with E-state index in [0.717, 1.165) is 48.0 Å². The van der Waals surface area contributed by atoms with Crippen LogP contribution in [0.4, 0.5) is 0 Å². The van der Waals surface area contributed by atoms with E-state index >= 15 is 0 Å². The normalized spacial score (nSPS) is 16.8. The molecule has 1 unspecified atom stereocenters. The largest absolute Gasteiger partial charge is 0.497 e. The molecule has 1 amide bonds. The number of piperidine rings is 1. The van der Waals surface area contributed by atoms with Crippen LogP contribution in [0.3, 0.4) is 0 Å². The van der Waals surface area contributed by atoms with Crippen molar-refractivity contribution in [3.05, 3.63) is 42.0 Å². The molecule has 1 saturated heterocycles. The smallest absolute Gasteiger partial charge is 0.229 e. The molecule has 0 aliphatic carbocycles. The average Bonchev–Trinajstić information content (AvgIpc) is 2.66. The number of nitrogens with one attached hydrogen (secondary N) is 1. The van der Waals surface area contributed by atoms with E-state index in [1.807, 2.05) is 37.1 Å². The van der Waals surface area contributed by atoms with Crippen molar-refractivity contribution in [2.24, 2.45) is 0 Å². The molecule has 1 fully saturated rings. The minimum Gasteiger partial charge on any atom is -0.497 e. The molecular weight excluding hydrogens is 300 g/mol. The summed E-state index contributed by atoms with van der Waals surface area (Å²) in [5.74, 6) is 0.927. The van der Waals surface area contributed by atoms with Crippen LogP contribution < -0.4 is 10.1 Å². The topological polar surface area (TPSA) is 41.6 Å². The van der Waals surface area contributed by atoms with Gasteiger partial charge in [-0.2, -0.15) is 0 Å². The van der Waals surface area contributed by atoms with Gasteiger partial charge < -0.3 is 15.0 Å². The molecule has 3 rings (SSSR count). The molecule has 1 N–H and O–H groups in total. The molecule has 1 atom stereocenters. The summed E-state index contributed by atoms with van der Waals surface area (Å²) in [6, 6.07) is 12.6. The van der Waals surface area contributed by atoms with Crippen LogP contribution >= 0.6 is 0 Å². The SMILES string of the molecule is COc1ccc2cc(C(C)C(=O)N(C)C3CCNCC3)ccc2c1. The van der Waals surface area contributed by atoms with E-state index < -0.39 is 0 Å². The number of nitrogens with zero attached hydrogens (tertiary/aromatic N) is 1. The fraction of sp³-hybridized carbons (Fsp3) is 0.450. The first-order valence-corrected chi connectivity index (χ1v) is 8.65. The van der Waals surface area contributed by atoms with Crippen molar-refractivity contribution < 1.29 is 9.53 Å². The van der Waals surface area contributed by atoms with E-state index in [1.54, 1.807) is 7.11 Å². The van der Waals surface area contributed by atoms with Gasteiger partial charge in [0.15, 0.2) is 0 Å². The molecule has 24 heavy (non-hydrogen) atoms. The van der Waals surface area contributed by atoms with Crippen molar-refractivity contribution in [1.29, 1.82) is 0 Å². The highest BCUT2D eigenvalue weighted by Crippen LogP contribution is 2.26. The highest BCUT2D eigenvalue weighted by Gasteiger charge is 2.26. The lowest BCUT2D eigenvalue weighted by molar-refractivity contribution is -0.133. The van der Waals surface area contributed by atoms with Gasteiger partial charge >= 0.3 is 0 Å². The molecule has 2 aromatic rings. The maximum Gasteiger partial charge on any atom is 0.229 e. The van der Waals surface area contributed by atoms with E-state index in [0.29, 0.717) is 6.04 Å². The van der Waals surface area contributed by atoms with Gasteiger partial charge in [0.1, 0.15) is 5.75 Å². The van der Waals surface area contributed by atoms with Crippen LogP contribution in [0.1, 0.15) is 31.2 Å². The number of fused-ring (bicyclic) bond motifs is 1. The summed E-state index contributed by atoms with van der Waals surface area (Å²) in [6.07, 6.45) is 2.07.